The molecule has 0 bridgehead atoms. The SMILES string of the molecule is CCOC(=O)c1cnoc1S(N)(=O)=O. The molecule has 0 saturated carbocycles. The zero-order valence-electron chi connectivity index (χ0n) is 7.26. The topological polar surface area (TPSA) is 112 Å². The van der Waals surface area contributed by atoms with Gasteiger partial charge < -0.3 is 9.26 Å². The van der Waals surface area contributed by atoms with E-state index in [-0.39, 0.29) is 12.2 Å². The Morgan fingerprint density at radius 3 is 2.86 bits per heavy atom. The van der Waals surface area contributed by atoms with Crippen molar-refractivity contribution >= 4 is 16.0 Å². The molecule has 14 heavy (non-hydrogen) atoms. The molecule has 0 saturated heterocycles. The van der Waals surface area contributed by atoms with Gasteiger partial charge in [0.25, 0.3) is 15.1 Å². The number of carbonyl (C=O) groups excluding carboxylic acids is 1. The van der Waals surface area contributed by atoms with Crippen molar-refractivity contribution in [2.75, 3.05) is 6.61 Å². The van der Waals surface area contributed by atoms with E-state index >= 15 is 0 Å². The Balaban J connectivity index is 3.12. The van der Waals surface area contributed by atoms with E-state index in [2.05, 4.69) is 14.4 Å². The minimum Gasteiger partial charge on any atom is -0.462 e. The average Bonchev–Trinajstić information content (AvgIpc) is 2.50. The number of nitrogens with zero attached hydrogens (tertiary/aromatic N) is 1. The maximum absolute atomic E-state index is 11.1. The van der Waals surface area contributed by atoms with Crippen LogP contribution in [0.2, 0.25) is 0 Å². The normalized spacial score (nSPS) is 11.3. The van der Waals surface area contributed by atoms with E-state index in [1.807, 2.05) is 0 Å². The Morgan fingerprint density at radius 1 is 1.71 bits per heavy atom. The van der Waals surface area contributed by atoms with Crippen molar-refractivity contribution in [3.8, 4) is 0 Å². The lowest BCUT2D eigenvalue weighted by atomic mass is 10.4. The second-order valence-electron chi connectivity index (χ2n) is 2.29. The van der Waals surface area contributed by atoms with Crippen LogP contribution in [0.4, 0.5) is 0 Å². The zero-order valence-corrected chi connectivity index (χ0v) is 8.08. The van der Waals surface area contributed by atoms with Crippen molar-refractivity contribution in [1.82, 2.24) is 5.16 Å². The van der Waals surface area contributed by atoms with Gasteiger partial charge in [-0.2, -0.15) is 0 Å². The van der Waals surface area contributed by atoms with Crippen molar-refractivity contribution in [2.24, 2.45) is 5.14 Å². The van der Waals surface area contributed by atoms with Crippen LogP contribution in [0.3, 0.4) is 0 Å². The summed E-state index contributed by atoms with van der Waals surface area (Å²) >= 11 is 0. The largest absolute Gasteiger partial charge is 0.462 e. The van der Waals surface area contributed by atoms with Crippen LogP contribution < -0.4 is 5.14 Å². The number of primary sulfonamides is 1. The van der Waals surface area contributed by atoms with Crippen molar-refractivity contribution in [3.05, 3.63) is 11.8 Å². The summed E-state index contributed by atoms with van der Waals surface area (Å²) in [7, 11) is -4.08. The number of ether oxygens (including phenoxy) is 1. The number of hydrogen-bond donors (Lipinski definition) is 1. The molecule has 1 aromatic rings. The predicted octanol–water partition coefficient (Wildman–Crippen LogP) is -0.501. The lowest BCUT2D eigenvalue weighted by Crippen LogP contribution is -2.16. The number of aromatic nitrogens is 1. The fraction of sp³-hybridized carbons (Fsp3) is 0.333. The van der Waals surface area contributed by atoms with E-state index in [0.29, 0.717) is 0 Å². The second kappa shape index (κ2) is 3.76. The Hall–Kier alpha value is -1.41. The average molecular weight is 220 g/mol. The fourth-order valence-electron chi connectivity index (χ4n) is 0.779. The molecular formula is C6H8N2O5S. The van der Waals surface area contributed by atoms with Crippen LogP contribution in [0.1, 0.15) is 17.3 Å². The number of nitrogens with two attached hydrogens (primary N) is 1. The van der Waals surface area contributed by atoms with Gasteiger partial charge in [0.15, 0.2) is 0 Å². The number of hydrogen-bond acceptors (Lipinski definition) is 6. The maximum Gasteiger partial charge on any atom is 0.344 e. The first kappa shape index (κ1) is 10.7. The van der Waals surface area contributed by atoms with Gasteiger partial charge in [0, 0.05) is 0 Å². The van der Waals surface area contributed by atoms with Crippen LogP contribution in [0.15, 0.2) is 15.8 Å². The molecule has 0 aliphatic carbocycles. The highest BCUT2D eigenvalue weighted by molar-refractivity contribution is 7.89. The summed E-state index contributed by atoms with van der Waals surface area (Å²) < 4.78 is 30.6. The molecule has 0 amide bonds. The van der Waals surface area contributed by atoms with E-state index in [1.165, 1.54) is 0 Å². The summed E-state index contributed by atoms with van der Waals surface area (Å²) in [5, 5.41) is 7.24. The van der Waals surface area contributed by atoms with E-state index in [1.54, 1.807) is 6.92 Å². The van der Waals surface area contributed by atoms with Gasteiger partial charge >= 0.3 is 5.97 Å². The van der Waals surface area contributed by atoms with Gasteiger partial charge in [-0.1, -0.05) is 5.16 Å². The molecular weight excluding hydrogens is 212 g/mol. The third-order valence-corrected chi connectivity index (χ3v) is 2.10. The van der Waals surface area contributed by atoms with Crippen molar-refractivity contribution in [1.29, 1.82) is 0 Å². The summed E-state index contributed by atoms with van der Waals surface area (Å²) in [5.41, 5.74) is -0.297. The van der Waals surface area contributed by atoms with Crippen LogP contribution in [-0.4, -0.2) is 26.2 Å². The summed E-state index contributed by atoms with van der Waals surface area (Å²) in [5.74, 6) is -0.835. The molecule has 78 valence electrons. The number of rotatable bonds is 3. The first-order chi connectivity index (χ1) is 6.46. The van der Waals surface area contributed by atoms with Crippen LogP contribution >= 0.6 is 0 Å². The Morgan fingerprint density at radius 2 is 2.36 bits per heavy atom. The highest BCUT2D eigenvalue weighted by atomic mass is 32.2. The van der Waals surface area contributed by atoms with E-state index in [0.717, 1.165) is 6.20 Å². The summed E-state index contributed by atoms with van der Waals surface area (Å²) in [4.78, 5) is 11.1. The summed E-state index contributed by atoms with van der Waals surface area (Å²) in [6.45, 7) is 1.70. The van der Waals surface area contributed by atoms with Gasteiger partial charge in [0.1, 0.15) is 5.56 Å². The van der Waals surface area contributed by atoms with Crippen molar-refractivity contribution < 1.29 is 22.5 Å². The van der Waals surface area contributed by atoms with E-state index in [4.69, 9.17) is 5.14 Å². The third-order valence-electron chi connectivity index (χ3n) is 1.29. The summed E-state index contributed by atoms with van der Waals surface area (Å²) in [6, 6.07) is 0. The van der Waals surface area contributed by atoms with Crippen LogP contribution in [0, 0.1) is 0 Å². The summed E-state index contributed by atoms with van der Waals surface area (Å²) in [6.07, 6.45) is 0.942. The minimum absolute atomic E-state index is 0.119. The Kier molecular flexibility index (Phi) is 2.87. The molecule has 0 unspecified atom stereocenters. The number of esters is 1. The fourth-order valence-corrected chi connectivity index (χ4v) is 1.37. The molecule has 2 N–H and O–H groups in total. The molecule has 0 aliphatic rings. The first-order valence-corrected chi connectivity index (χ1v) is 5.16. The predicted molar refractivity (Wildman–Crippen MR) is 43.8 cm³/mol. The van der Waals surface area contributed by atoms with Gasteiger partial charge in [0.2, 0.25) is 0 Å². The molecule has 0 spiro atoms. The van der Waals surface area contributed by atoms with E-state index < -0.39 is 21.1 Å². The van der Waals surface area contributed by atoms with Gasteiger partial charge in [-0.05, 0) is 6.92 Å². The maximum atomic E-state index is 11.1. The lowest BCUT2D eigenvalue weighted by Gasteiger charge is -1.98. The van der Waals surface area contributed by atoms with Gasteiger partial charge in [-0.3, -0.25) is 0 Å². The van der Waals surface area contributed by atoms with Crippen LogP contribution in [0.25, 0.3) is 0 Å². The van der Waals surface area contributed by atoms with E-state index in [9.17, 15) is 13.2 Å². The van der Waals surface area contributed by atoms with Gasteiger partial charge in [-0.15, -0.1) is 0 Å². The molecule has 0 aliphatic heterocycles. The molecule has 0 radical (unpaired) electrons. The van der Waals surface area contributed by atoms with Gasteiger partial charge in [0.05, 0.1) is 12.8 Å². The molecule has 1 aromatic heterocycles. The Labute approximate surface area is 79.9 Å². The first-order valence-electron chi connectivity index (χ1n) is 3.61. The molecule has 7 nitrogen and oxygen atoms in total. The van der Waals surface area contributed by atoms with Crippen molar-refractivity contribution in [2.45, 2.75) is 12.0 Å². The molecule has 0 fully saturated rings. The third kappa shape index (κ3) is 2.09. The quantitative estimate of drug-likeness (QED) is 0.687. The van der Waals surface area contributed by atoms with Crippen molar-refractivity contribution in [3.63, 3.8) is 0 Å². The lowest BCUT2D eigenvalue weighted by molar-refractivity contribution is 0.0518. The van der Waals surface area contributed by atoms with Gasteiger partial charge in [-0.25, -0.2) is 18.4 Å². The smallest absolute Gasteiger partial charge is 0.344 e. The second-order valence-corrected chi connectivity index (χ2v) is 3.75. The standard InChI is InChI=1S/C6H8N2O5S/c1-2-12-5(9)4-3-8-13-6(4)14(7,10)11/h3H,2H2,1H3,(H2,7,10,11). The highest BCUT2D eigenvalue weighted by Crippen LogP contribution is 2.13. The molecule has 1 rings (SSSR count). The Bertz CT molecular complexity index is 435. The highest BCUT2D eigenvalue weighted by Gasteiger charge is 2.25. The molecule has 1 heterocycles. The number of sulfonamides is 1. The molecule has 0 aromatic carbocycles. The number of carbonyl (C=O) groups is 1. The minimum atomic E-state index is -4.08. The molecule has 8 heteroatoms. The van der Waals surface area contributed by atoms with Crippen LogP contribution in [0.5, 0.6) is 0 Å². The zero-order chi connectivity index (χ0) is 10.8. The van der Waals surface area contributed by atoms with Crippen LogP contribution in [-0.2, 0) is 14.8 Å². The monoisotopic (exact) mass is 220 g/mol. The molecule has 0 atom stereocenters.